The number of aliphatic carboxylic acids is 1. The van der Waals surface area contributed by atoms with Crippen LogP contribution in [0.2, 0.25) is 0 Å². The minimum absolute atomic E-state index is 0.201. The molecule has 0 bridgehead atoms. The number of likely N-dealkylation sites (N-methyl/N-ethyl adjacent to an activating group) is 2. The smallest absolute Gasteiger partial charge is 0.323 e. The Kier molecular flexibility index (Phi) is 6.17. The highest BCUT2D eigenvalue weighted by atomic mass is 16.4. The van der Waals surface area contributed by atoms with Crippen molar-refractivity contribution in [1.82, 2.24) is 10.2 Å². The number of rotatable bonds is 8. The summed E-state index contributed by atoms with van der Waals surface area (Å²) < 4.78 is 0. The monoisotopic (exact) mass is 278 g/mol. The maximum atomic E-state index is 11.3. The maximum Gasteiger partial charge on any atom is 0.323 e. The molecule has 0 fully saturated rings. The lowest BCUT2D eigenvalue weighted by molar-refractivity contribution is -0.144. The zero-order valence-corrected chi connectivity index (χ0v) is 12.9. The number of carboxylic acid groups (broad SMARTS) is 1. The average molecular weight is 278 g/mol. The Bertz CT molecular complexity index is 422. The topological polar surface area (TPSA) is 52.6 Å². The number of carbonyl (C=O) groups is 1. The molecule has 1 aromatic rings. The van der Waals surface area contributed by atoms with Crippen LogP contribution in [0, 0.1) is 0 Å². The molecule has 1 rings (SSSR count). The zero-order chi connectivity index (χ0) is 15.2. The van der Waals surface area contributed by atoms with Gasteiger partial charge < -0.3 is 15.3 Å². The molecule has 0 spiro atoms. The summed E-state index contributed by atoms with van der Waals surface area (Å²) in [5.74, 6) is -0.802. The lowest BCUT2D eigenvalue weighted by Gasteiger charge is -2.32. The normalized spacial score (nSPS) is 15.8. The summed E-state index contributed by atoms with van der Waals surface area (Å²) in [5.41, 5.74) is 0.432. The van der Waals surface area contributed by atoms with Gasteiger partial charge in [0, 0.05) is 12.6 Å². The molecule has 2 unspecified atom stereocenters. The molecule has 0 heterocycles. The molecule has 0 aliphatic heterocycles. The van der Waals surface area contributed by atoms with Crippen molar-refractivity contribution >= 4 is 5.97 Å². The second-order valence-corrected chi connectivity index (χ2v) is 5.66. The van der Waals surface area contributed by atoms with Gasteiger partial charge in [-0.3, -0.25) is 4.79 Å². The van der Waals surface area contributed by atoms with Gasteiger partial charge >= 0.3 is 5.97 Å². The summed E-state index contributed by atoms with van der Waals surface area (Å²) in [6.45, 7) is 4.73. The molecule has 0 aliphatic rings. The number of carboxylic acids is 1. The van der Waals surface area contributed by atoms with E-state index in [2.05, 4.69) is 29.3 Å². The van der Waals surface area contributed by atoms with E-state index in [0.29, 0.717) is 6.42 Å². The highest BCUT2D eigenvalue weighted by Gasteiger charge is 2.33. The quantitative estimate of drug-likeness (QED) is 0.764. The van der Waals surface area contributed by atoms with Crippen LogP contribution in [0.4, 0.5) is 0 Å². The molecule has 2 N–H and O–H groups in total. The van der Waals surface area contributed by atoms with Crippen LogP contribution >= 0.6 is 0 Å². The van der Waals surface area contributed by atoms with Gasteiger partial charge in [0.1, 0.15) is 5.54 Å². The fraction of sp³-hybridized carbons (Fsp3) is 0.562. The van der Waals surface area contributed by atoms with E-state index >= 15 is 0 Å². The first-order valence-corrected chi connectivity index (χ1v) is 7.05. The summed E-state index contributed by atoms with van der Waals surface area (Å²) in [7, 11) is 3.75. The highest BCUT2D eigenvalue weighted by molar-refractivity contribution is 5.78. The minimum Gasteiger partial charge on any atom is -0.480 e. The Morgan fingerprint density at radius 1 is 1.40 bits per heavy atom. The van der Waals surface area contributed by atoms with E-state index in [1.165, 1.54) is 5.56 Å². The first kappa shape index (κ1) is 16.7. The maximum absolute atomic E-state index is 11.3. The molecular formula is C16H26N2O2. The third-order valence-corrected chi connectivity index (χ3v) is 4.08. The molecule has 0 saturated heterocycles. The van der Waals surface area contributed by atoms with Gasteiger partial charge in [-0.2, -0.15) is 0 Å². The van der Waals surface area contributed by atoms with Gasteiger partial charge in [0.25, 0.3) is 0 Å². The highest BCUT2D eigenvalue weighted by Crippen LogP contribution is 2.16. The summed E-state index contributed by atoms with van der Waals surface area (Å²) >= 11 is 0. The fourth-order valence-electron chi connectivity index (χ4n) is 2.21. The van der Waals surface area contributed by atoms with Crippen molar-refractivity contribution in [3.8, 4) is 0 Å². The van der Waals surface area contributed by atoms with Crippen LogP contribution < -0.4 is 5.32 Å². The van der Waals surface area contributed by atoms with Crippen molar-refractivity contribution in [2.45, 2.75) is 38.3 Å². The molecule has 0 radical (unpaired) electrons. The lowest BCUT2D eigenvalue weighted by Crippen LogP contribution is -2.51. The van der Waals surface area contributed by atoms with Crippen molar-refractivity contribution in [2.75, 3.05) is 20.6 Å². The van der Waals surface area contributed by atoms with E-state index in [-0.39, 0.29) is 6.04 Å². The van der Waals surface area contributed by atoms with Crippen LogP contribution in [-0.4, -0.2) is 48.2 Å². The molecule has 1 aromatic carbocycles. The predicted molar refractivity (Wildman–Crippen MR) is 82.0 cm³/mol. The number of benzene rings is 1. The summed E-state index contributed by atoms with van der Waals surface area (Å²) in [6.07, 6.45) is 1.55. The Hall–Kier alpha value is -1.39. The first-order valence-electron chi connectivity index (χ1n) is 7.05. The van der Waals surface area contributed by atoms with Gasteiger partial charge in [-0.1, -0.05) is 30.3 Å². The molecule has 2 atom stereocenters. The van der Waals surface area contributed by atoms with E-state index in [1.54, 1.807) is 14.0 Å². The Balaban J connectivity index is 2.50. The van der Waals surface area contributed by atoms with Crippen LogP contribution in [0.5, 0.6) is 0 Å². The third-order valence-electron chi connectivity index (χ3n) is 4.08. The van der Waals surface area contributed by atoms with Gasteiger partial charge in [-0.05, 0) is 46.3 Å². The van der Waals surface area contributed by atoms with Crippen molar-refractivity contribution in [1.29, 1.82) is 0 Å². The second-order valence-electron chi connectivity index (χ2n) is 5.66. The number of hydrogen-bond donors (Lipinski definition) is 2. The predicted octanol–water partition coefficient (Wildman–Crippen LogP) is 2.00. The standard InChI is InChI=1S/C16H26N2O2/c1-13(12-16(2,17-3)15(19)20)18(4)11-10-14-8-6-5-7-9-14/h5-9,13,17H,10-12H2,1-4H3,(H,19,20). The van der Waals surface area contributed by atoms with Gasteiger partial charge in [0.05, 0.1) is 0 Å². The molecule has 0 aliphatic carbocycles. The minimum atomic E-state index is -0.875. The van der Waals surface area contributed by atoms with E-state index < -0.39 is 11.5 Å². The molecule has 0 aromatic heterocycles. The third kappa shape index (κ3) is 4.62. The molecule has 0 amide bonds. The molecular weight excluding hydrogens is 252 g/mol. The van der Waals surface area contributed by atoms with Crippen LogP contribution in [0.3, 0.4) is 0 Å². The van der Waals surface area contributed by atoms with E-state index in [9.17, 15) is 9.90 Å². The largest absolute Gasteiger partial charge is 0.480 e. The van der Waals surface area contributed by atoms with Crippen molar-refractivity contribution in [2.24, 2.45) is 0 Å². The van der Waals surface area contributed by atoms with Gasteiger partial charge in [-0.25, -0.2) is 0 Å². The van der Waals surface area contributed by atoms with Crippen molar-refractivity contribution < 1.29 is 9.90 Å². The zero-order valence-electron chi connectivity index (χ0n) is 12.9. The number of nitrogens with one attached hydrogen (secondary N) is 1. The van der Waals surface area contributed by atoms with Crippen LogP contribution in [0.1, 0.15) is 25.8 Å². The molecule has 4 nitrogen and oxygen atoms in total. The molecule has 112 valence electrons. The second kappa shape index (κ2) is 7.41. The van der Waals surface area contributed by atoms with Gasteiger partial charge in [0.15, 0.2) is 0 Å². The van der Waals surface area contributed by atoms with E-state index in [4.69, 9.17) is 0 Å². The van der Waals surface area contributed by atoms with E-state index in [0.717, 1.165) is 13.0 Å². The first-order chi connectivity index (χ1) is 9.39. The Morgan fingerprint density at radius 2 is 2.00 bits per heavy atom. The fourth-order valence-corrected chi connectivity index (χ4v) is 2.21. The Labute approximate surface area is 121 Å². The van der Waals surface area contributed by atoms with Crippen LogP contribution in [0.25, 0.3) is 0 Å². The van der Waals surface area contributed by atoms with E-state index in [1.807, 2.05) is 25.2 Å². The number of nitrogens with zero attached hydrogens (tertiary/aromatic N) is 1. The molecule has 20 heavy (non-hydrogen) atoms. The van der Waals surface area contributed by atoms with Crippen LogP contribution in [0.15, 0.2) is 30.3 Å². The SMILES string of the molecule is CNC(C)(CC(C)N(C)CCc1ccccc1)C(=O)O. The molecule has 0 saturated carbocycles. The lowest BCUT2D eigenvalue weighted by atomic mass is 9.93. The number of hydrogen-bond acceptors (Lipinski definition) is 3. The average Bonchev–Trinajstić information content (AvgIpc) is 2.45. The summed E-state index contributed by atoms with van der Waals surface area (Å²) in [6, 6.07) is 10.5. The van der Waals surface area contributed by atoms with Gasteiger partial charge in [0.2, 0.25) is 0 Å². The van der Waals surface area contributed by atoms with Crippen LogP contribution in [-0.2, 0) is 11.2 Å². The molecule has 4 heteroatoms. The summed E-state index contributed by atoms with van der Waals surface area (Å²) in [4.78, 5) is 13.5. The Morgan fingerprint density at radius 3 is 2.50 bits per heavy atom. The summed E-state index contributed by atoms with van der Waals surface area (Å²) in [5, 5.41) is 12.2. The van der Waals surface area contributed by atoms with Crippen molar-refractivity contribution in [3.63, 3.8) is 0 Å². The van der Waals surface area contributed by atoms with Crippen molar-refractivity contribution in [3.05, 3.63) is 35.9 Å². The van der Waals surface area contributed by atoms with Gasteiger partial charge in [-0.15, -0.1) is 0 Å².